The van der Waals surface area contributed by atoms with Gasteiger partial charge in [-0.1, -0.05) is 65.1 Å². The second kappa shape index (κ2) is 9.85. The maximum Gasteiger partial charge on any atom is 0.255 e. The number of nitrogens with one attached hydrogen (secondary N) is 2. The predicted molar refractivity (Wildman–Crippen MR) is 120 cm³/mol. The van der Waals surface area contributed by atoms with Gasteiger partial charge in [0, 0.05) is 17.1 Å². The molecule has 0 unspecified atom stereocenters. The van der Waals surface area contributed by atoms with Crippen LogP contribution in [-0.2, 0) is 11.2 Å². The van der Waals surface area contributed by atoms with Gasteiger partial charge in [-0.05, 0) is 42.0 Å². The second-order valence-electron chi connectivity index (χ2n) is 6.50. The zero-order valence-corrected chi connectivity index (χ0v) is 17.8. The third-order valence-electron chi connectivity index (χ3n) is 4.30. The van der Waals surface area contributed by atoms with Crippen LogP contribution in [-0.4, -0.2) is 23.0 Å². The molecule has 8 heteroatoms. The Morgan fingerprint density at radius 3 is 2.30 bits per heavy atom. The molecule has 30 heavy (non-hydrogen) atoms. The number of phenols is 1. The van der Waals surface area contributed by atoms with Gasteiger partial charge in [0.25, 0.3) is 5.91 Å². The van der Waals surface area contributed by atoms with Crippen LogP contribution >= 0.6 is 34.8 Å². The Morgan fingerprint density at radius 2 is 1.63 bits per heavy atom. The summed E-state index contributed by atoms with van der Waals surface area (Å²) in [6.45, 7) is 0. The molecule has 154 valence electrons. The molecule has 3 rings (SSSR count). The van der Waals surface area contributed by atoms with E-state index >= 15 is 0 Å². The van der Waals surface area contributed by atoms with Gasteiger partial charge in [0.15, 0.2) is 0 Å². The van der Waals surface area contributed by atoms with Crippen molar-refractivity contribution in [3.05, 3.63) is 92.9 Å². The molecule has 3 N–H and O–H groups in total. The van der Waals surface area contributed by atoms with Crippen molar-refractivity contribution in [3.63, 3.8) is 0 Å². The zero-order chi connectivity index (χ0) is 21.7. The molecule has 0 aromatic heterocycles. The van der Waals surface area contributed by atoms with Crippen LogP contribution in [0.15, 0.2) is 66.7 Å². The van der Waals surface area contributed by atoms with Gasteiger partial charge in [0.1, 0.15) is 11.8 Å². The van der Waals surface area contributed by atoms with E-state index in [2.05, 4.69) is 10.6 Å². The molecule has 0 radical (unpaired) electrons. The maximum atomic E-state index is 12.9. The summed E-state index contributed by atoms with van der Waals surface area (Å²) in [4.78, 5) is 25.6. The highest BCUT2D eigenvalue weighted by atomic mass is 35.5. The molecule has 2 amide bonds. The first-order chi connectivity index (χ1) is 14.3. The van der Waals surface area contributed by atoms with Crippen LogP contribution in [0, 0.1) is 0 Å². The second-order valence-corrected chi connectivity index (χ2v) is 7.75. The Morgan fingerprint density at radius 1 is 0.900 bits per heavy atom. The van der Waals surface area contributed by atoms with Crippen molar-refractivity contribution in [3.8, 4) is 5.75 Å². The van der Waals surface area contributed by atoms with Crippen molar-refractivity contribution < 1.29 is 14.7 Å². The van der Waals surface area contributed by atoms with Crippen molar-refractivity contribution in [1.29, 1.82) is 0 Å². The largest absolute Gasteiger partial charge is 0.507 e. The van der Waals surface area contributed by atoms with Crippen molar-refractivity contribution in [2.24, 2.45) is 0 Å². The lowest BCUT2D eigenvalue weighted by Gasteiger charge is -2.19. The molecule has 1 atom stereocenters. The Kier molecular flexibility index (Phi) is 7.21. The van der Waals surface area contributed by atoms with E-state index in [1.54, 1.807) is 12.1 Å². The number of halogens is 3. The number of rotatable bonds is 6. The van der Waals surface area contributed by atoms with Gasteiger partial charge in [-0.15, -0.1) is 0 Å². The molecule has 3 aromatic rings. The quantitative estimate of drug-likeness (QED) is 0.462. The molecular weight excluding hydrogens is 447 g/mol. The van der Waals surface area contributed by atoms with Crippen molar-refractivity contribution in [1.82, 2.24) is 5.32 Å². The summed E-state index contributed by atoms with van der Waals surface area (Å²) >= 11 is 17.7. The van der Waals surface area contributed by atoms with Gasteiger partial charge in [0.05, 0.1) is 15.6 Å². The number of phenolic OH excluding ortho intramolecular Hbond substituents is 1. The Bertz CT molecular complexity index is 1070. The molecule has 5 nitrogen and oxygen atoms in total. The first kappa shape index (κ1) is 22.0. The Hall–Kier alpha value is -2.73. The molecule has 0 fully saturated rings. The Labute approximate surface area is 188 Å². The fourth-order valence-electron chi connectivity index (χ4n) is 2.80. The van der Waals surface area contributed by atoms with E-state index in [-0.39, 0.29) is 17.7 Å². The fraction of sp³-hybridized carbons (Fsp3) is 0.0909. The average Bonchev–Trinajstić information content (AvgIpc) is 2.71. The van der Waals surface area contributed by atoms with Crippen LogP contribution in [0.1, 0.15) is 15.9 Å². The van der Waals surface area contributed by atoms with Crippen molar-refractivity contribution in [2.75, 3.05) is 5.32 Å². The highest BCUT2D eigenvalue weighted by Gasteiger charge is 2.23. The van der Waals surface area contributed by atoms with Crippen LogP contribution in [0.4, 0.5) is 5.69 Å². The van der Waals surface area contributed by atoms with Crippen LogP contribution in [0.25, 0.3) is 0 Å². The van der Waals surface area contributed by atoms with Crippen LogP contribution in [0.3, 0.4) is 0 Å². The fourth-order valence-corrected chi connectivity index (χ4v) is 3.26. The first-order valence-corrected chi connectivity index (χ1v) is 10.1. The van der Waals surface area contributed by atoms with Crippen LogP contribution in [0.5, 0.6) is 5.75 Å². The SMILES string of the molecule is O=C(N[C@@H](Cc1ccccc1)C(=O)Nc1ccc(Cl)c(Cl)c1)c1ccc(Cl)cc1O. The third kappa shape index (κ3) is 5.66. The van der Waals surface area contributed by atoms with E-state index in [1.165, 1.54) is 24.3 Å². The maximum absolute atomic E-state index is 12.9. The van der Waals surface area contributed by atoms with Gasteiger partial charge < -0.3 is 15.7 Å². The van der Waals surface area contributed by atoms with Gasteiger partial charge >= 0.3 is 0 Å². The Balaban J connectivity index is 1.82. The van der Waals surface area contributed by atoms with Crippen molar-refractivity contribution in [2.45, 2.75) is 12.5 Å². The summed E-state index contributed by atoms with van der Waals surface area (Å²) in [6, 6.07) is 17.2. The molecule has 0 aliphatic heterocycles. The number of aromatic hydroxyl groups is 1. The lowest BCUT2D eigenvalue weighted by molar-refractivity contribution is -0.118. The van der Waals surface area contributed by atoms with E-state index in [4.69, 9.17) is 34.8 Å². The minimum absolute atomic E-state index is 0.0137. The number of amides is 2. The topological polar surface area (TPSA) is 78.4 Å². The number of hydrogen-bond donors (Lipinski definition) is 3. The molecule has 0 aliphatic carbocycles. The molecule has 0 saturated carbocycles. The van der Waals surface area contributed by atoms with Crippen LogP contribution in [0.2, 0.25) is 15.1 Å². The molecule has 0 aliphatic rings. The van der Waals surface area contributed by atoms with E-state index in [9.17, 15) is 14.7 Å². The van der Waals surface area contributed by atoms with E-state index < -0.39 is 17.9 Å². The monoisotopic (exact) mass is 462 g/mol. The number of hydrogen-bond acceptors (Lipinski definition) is 3. The summed E-state index contributed by atoms with van der Waals surface area (Å²) in [5, 5.41) is 16.4. The number of carbonyl (C=O) groups excluding carboxylic acids is 2. The molecule has 0 bridgehead atoms. The van der Waals surface area contributed by atoms with Gasteiger partial charge in [0.2, 0.25) is 5.91 Å². The highest BCUT2D eigenvalue weighted by Crippen LogP contribution is 2.25. The molecular formula is C22H17Cl3N2O3. The minimum Gasteiger partial charge on any atom is -0.507 e. The van der Waals surface area contributed by atoms with E-state index in [0.29, 0.717) is 20.8 Å². The minimum atomic E-state index is -0.913. The summed E-state index contributed by atoms with van der Waals surface area (Å²) < 4.78 is 0. The van der Waals surface area contributed by atoms with Gasteiger partial charge in [-0.3, -0.25) is 9.59 Å². The highest BCUT2D eigenvalue weighted by molar-refractivity contribution is 6.42. The van der Waals surface area contributed by atoms with Crippen molar-refractivity contribution >= 4 is 52.3 Å². The molecule has 0 spiro atoms. The summed E-state index contributed by atoms with van der Waals surface area (Å²) in [7, 11) is 0. The first-order valence-electron chi connectivity index (χ1n) is 8.92. The summed E-state index contributed by atoms with van der Waals surface area (Å²) in [5.41, 5.74) is 1.31. The number of anilines is 1. The standard InChI is InChI=1S/C22H17Cl3N2O3/c23-14-6-8-16(20(28)11-14)21(29)27-19(10-13-4-2-1-3-5-13)22(30)26-15-7-9-17(24)18(25)12-15/h1-9,11-12,19,28H,10H2,(H,26,30)(H,27,29)/t19-/m0/s1. The zero-order valence-electron chi connectivity index (χ0n) is 15.5. The van der Waals surface area contributed by atoms with E-state index in [1.807, 2.05) is 30.3 Å². The number of benzene rings is 3. The van der Waals surface area contributed by atoms with Crippen LogP contribution < -0.4 is 10.6 Å². The lowest BCUT2D eigenvalue weighted by Crippen LogP contribution is -2.45. The van der Waals surface area contributed by atoms with Gasteiger partial charge in [-0.25, -0.2) is 0 Å². The molecule has 0 saturated heterocycles. The molecule has 3 aromatic carbocycles. The normalized spacial score (nSPS) is 11.6. The summed E-state index contributed by atoms with van der Waals surface area (Å²) in [6.07, 6.45) is 0.244. The third-order valence-corrected chi connectivity index (χ3v) is 5.27. The average molecular weight is 464 g/mol. The predicted octanol–water partition coefficient (Wildman–Crippen LogP) is 5.33. The number of carbonyl (C=O) groups is 2. The lowest BCUT2D eigenvalue weighted by atomic mass is 10.0. The van der Waals surface area contributed by atoms with Gasteiger partial charge in [-0.2, -0.15) is 0 Å². The smallest absolute Gasteiger partial charge is 0.255 e. The van der Waals surface area contributed by atoms with E-state index in [0.717, 1.165) is 5.56 Å². The molecule has 0 heterocycles. The summed E-state index contributed by atoms with van der Waals surface area (Å²) in [5.74, 6) is -1.32.